The predicted molar refractivity (Wildman–Crippen MR) is 93.0 cm³/mol. The number of phenolic OH excluding ortho intramolecular Hbond substituents is 2. The highest BCUT2D eigenvalue weighted by Crippen LogP contribution is 2.28. The molecule has 24 heavy (non-hydrogen) atoms. The van der Waals surface area contributed by atoms with Crippen LogP contribution in [0.15, 0.2) is 36.4 Å². The Morgan fingerprint density at radius 3 is 2.58 bits per heavy atom. The fourth-order valence-corrected chi connectivity index (χ4v) is 2.47. The van der Waals surface area contributed by atoms with Gasteiger partial charge in [-0.05, 0) is 49.2 Å². The van der Waals surface area contributed by atoms with Crippen molar-refractivity contribution in [1.82, 2.24) is 5.32 Å². The molecule has 3 N–H and O–H groups in total. The predicted octanol–water partition coefficient (Wildman–Crippen LogP) is 3.53. The summed E-state index contributed by atoms with van der Waals surface area (Å²) in [6.45, 7) is 1.98. The minimum atomic E-state index is -0.725. The van der Waals surface area contributed by atoms with Crippen molar-refractivity contribution < 1.29 is 19.7 Å². The molecule has 2 aromatic carbocycles. The van der Waals surface area contributed by atoms with Crippen molar-refractivity contribution in [3.8, 4) is 17.2 Å². The van der Waals surface area contributed by atoms with Gasteiger partial charge >= 0.3 is 0 Å². The molecule has 2 rings (SSSR count). The number of nitrogens with one attached hydrogen (secondary N) is 1. The summed E-state index contributed by atoms with van der Waals surface area (Å²) in [7, 11) is 0. The molecule has 2 aromatic rings. The van der Waals surface area contributed by atoms with Crippen molar-refractivity contribution in [1.29, 1.82) is 0 Å². The SMILES string of the molecule is CC(Oc1ccc(Cl)cc1Cl)C(=O)NCCc1ccc(O)c(O)c1. The van der Waals surface area contributed by atoms with E-state index in [0.29, 0.717) is 28.8 Å². The maximum Gasteiger partial charge on any atom is 0.260 e. The molecule has 0 radical (unpaired) electrons. The van der Waals surface area contributed by atoms with Crippen LogP contribution in [0.4, 0.5) is 0 Å². The van der Waals surface area contributed by atoms with E-state index >= 15 is 0 Å². The molecule has 1 unspecified atom stereocenters. The van der Waals surface area contributed by atoms with E-state index in [-0.39, 0.29) is 17.4 Å². The lowest BCUT2D eigenvalue weighted by Gasteiger charge is -2.15. The normalized spacial score (nSPS) is 11.8. The van der Waals surface area contributed by atoms with Crippen molar-refractivity contribution in [2.24, 2.45) is 0 Å². The first kappa shape index (κ1) is 18.2. The van der Waals surface area contributed by atoms with Gasteiger partial charge in [0.2, 0.25) is 0 Å². The molecular formula is C17H17Cl2NO4. The van der Waals surface area contributed by atoms with Crippen LogP contribution in [0.1, 0.15) is 12.5 Å². The van der Waals surface area contributed by atoms with Crippen molar-refractivity contribution >= 4 is 29.1 Å². The van der Waals surface area contributed by atoms with Gasteiger partial charge < -0.3 is 20.3 Å². The number of aromatic hydroxyl groups is 2. The molecule has 0 aliphatic rings. The number of benzene rings is 2. The molecule has 7 heteroatoms. The molecule has 5 nitrogen and oxygen atoms in total. The standard InChI is InChI=1S/C17H17Cl2NO4/c1-10(24-16-5-3-12(18)9-13(16)19)17(23)20-7-6-11-2-4-14(21)15(22)8-11/h2-5,8-10,21-22H,6-7H2,1H3,(H,20,23). The number of phenols is 2. The van der Waals surface area contributed by atoms with Gasteiger partial charge in [0.15, 0.2) is 17.6 Å². The number of carbonyl (C=O) groups excluding carboxylic acids is 1. The number of hydrogen-bond acceptors (Lipinski definition) is 4. The highest BCUT2D eigenvalue weighted by molar-refractivity contribution is 6.35. The van der Waals surface area contributed by atoms with Gasteiger partial charge in [0.05, 0.1) is 5.02 Å². The molecule has 0 saturated heterocycles. The largest absolute Gasteiger partial charge is 0.504 e. The minimum absolute atomic E-state index is 0.176. The van der Waals surface area contributed by atoms with Crippen LogP contribution in [-0.2, 0) is 11.2 Å². The van der Waals surface area contributed by atoms with Crippen LogP contribution in [0.3, 0.4) is 0 Å². The quantitative estimate of drug-likeness (QED) is 0.680. The van der Waals surface area contributed by atoms with Gasteiger partial charge in [0.25, 0.3) is 5.91 Å². The average Bonchev–Trinajstić information content (AvgIpc) is 2.53. The molecule has 0 aliphatic heterocycles. The van der Waals surface area contributed by atoms with Gasteiger partial charge in [-0.2, -0.15) is 0 Å². The number of amides is 1. The van der Waals surface area contributed by atoms with E-state index in [9.17, 15) is 15.0 Å². The van der Waals surface area contributed by atoms with E-state index in [2.05, 4.69) is 5.32 Å². The first-order valence-electron chi connectivity index (χ1n) is 7.27. The van der Waals surface area contributed by atoms with Crippen LogP contribution in [-0.4, -0.2) is 28.8 Å². The van der Waals surface area contributed by atoms with Gasteiger partial charge in [0.1, 0.15) is 5.75 Å². The van der Waals surface area contributed by atoms with E-state index in [4.69, 9.17) is 27.9 Å². The number of carbonyl (C=O) groups is 1. The van der Waals surface area contributed by atoms with Gasteiger partial charge in [-0.1, -0.05) is 29.3 Å². The monoisotopic (exact) mass is 369 g/mol. The zero-order valence-corrected chi connectivity index (χ0v) is 14.4. The second kappa shape index (κ2) is 8.13. The summed E-state index contributed by atoms with van der Waals surface area (Å²) in [6, 6.07) is 9.31. The molecule has 0 aliphatic carbocycles. The first-order valence-corrected chi connectivity index (χ1v) is 8.02. The second-order valence-electron chi connectivity index (χ2n) is 5.20. The summed E-state index contributed by atoms with van der Waals surface area (Å²) in [5.41, 5.74) is 0.792. The molecule has 1 amide bonds. The van der Waals surface area contributed by atoms with Gasteiger partial charge in [-0.15, -0.1) is 0 Å². The third-order valence-corrected chi connectivity index (χ3v) is 3.85. The van der Waals surface area contributed by atoms with E-state index in [1.807, 2.05) is 0 Å². The van der Waals surface area contributed by atoms with E-state index < -0.39 is 6.10 Å². The highest BCUT2D eigenvalue weighted by Gasteiger charge is 2.15. The van der Waals surface area contributed by atoms with Crippen LogP contribution in [0.2, 0.25) is 10.0 Å². The van der Waals surface area contributed by atoms with Crippen LogP contribution in [0.5, 0.6) is 17.2 Å². The molecule has 0 heterocycles. The number of halogens is 2. The van der Waals surface area contributed by atoms with E-state index in [0.717, 1.165) is 5.56 Å². The van der Waals surface area contributed by atoms with Crippen molar-refractivity contribution in [2.75, 3.05) is 6.54 Å². The molecular weight excluding hydrogens is 353 g/mol. The molecule has 0 fully saturated rings. The summed E-state index contributed by atoms with van der Waals surface area (Å²) in [6.07, 6.45) is -0.217. The zero-order valence-electron chi connectivity index (χ0n) is 12.9. The van der Waals surface area contributed by atoms with Crippen LogP contribution in [0.25, 0.3) is 0 Å². The van der Waals surface area contributed by atoms with Crippen LogP contribution >= 0.6 is 23.2 Å². The van der Waals surface area contributed by atoms with Gasteiger partial charge in [0, 0.05) is 11.6 Å². The molecule has 0 bridgehead atoms. The topological polar surface area (TPSA) is 78.8 Å². The lowest BCUT2D eigenvalue weighted by molar-refractivity contribution is -0.127. The highest BCUT2D eigenvalue weighted by atomic mass is 35.5. The Kier molecular flexibility index (Phi) is 6.17. The molecule has 128 valence electrons. The van der Waals surface area contributed by atoms with Crippen molar-refractivity contribution in [3.63, 3.8) is 0 Å². The number of rotatable bonds is 6. The molecule has 0 spiro atoms. The van der Waals surface area contributed by atoms with Crippen molar-refractivity contribution in [2.45, 2.75) is 19.4 Å². The maximum absolute atomic E-state index is 12.0. The first-order chi connectivity index (χ1) is 11.4. The Morgan fingerprint density at radius 2 is 1.92 bits per heavy atom. The maximum atomic E-state index is 12.0. The number of ether oxygens (including phenoxy) is 1. The van der Waals surface area contributed by atoms with Gasteiger partial charge in [-0.25, -0.2) is 0 Å². The minimum Gasteiger partial charge on any atom is -0.504 e. The van der Waals surface area contributed by atoms with Crippen molar-refractivity contribution in [3.05, 3.63) is 52.0 Å². The lowest BCUT2D eigenvalue weighted by atomic mass is 10.1. The lowest BCUT2D eigenvalue weighted by Crippen LogP contribution is -2.37. The smallest absolute Gasteiger partial charge is 0.260 e. The average molecular weight is 370 g/mol. The Morgan fingerprint density at radius 1 is 1.17 bits per heavy atom. The third-order valence-electron chi connectivity index (χ3n) is 3.32. The van der Waals surface area contributed by atoms with Crippen LogP contribution < -0.4 is 10.1 Å². The fraction of sp³-hybridized carbons (Fsp3) is 0.235. The number of hydrogen-bond donors (Lipinski definition) is 3. The van der Waals surface area contributed by atoms with E-state index in [1.165, 1.54) is 12.1 Å². The van der Waals surface area contributed by atoms with E-state index in [1.54, 1.807) is 31.2 Å². The molecule has 1 atom stereocenters. The summed E-state index contributed by atoms with van der Waals surface area (Å²) in [5.74, 6) is -0.270. The Hall–Kier alpha value is -2.11. The summed E-state index contributed by atoms with van der Waals surface area (Å²) < 4.78 is 5.52. The zero-order chi connectivity index (χ0) is 17.7. The Bertz CT molecular complexity index is 737. The summed E-state index contributed by atoms with van der Waals surface area (Å²) in [4.78, 5) is 12.0. The van der Waals surface area contributed by atoms with Gasteiger partial charge in [-0.3, -0.25) is 4.79 Å². The fourth-order valence-electron chi connectivity index (χ4n) is 2.01. The Balaban J connectivity index is 1.84. The van der Waals surface area contributed by atoms with Crippen LogP contribution in [0, 0.1) is 0 Å². The summed E-state index contributed by atoms with van der Waals surface area (Å²) >= 11 is 11.8. The Labute approximate surface area is 149 Å². The molecule has 0 saturated carbocycles. The summed E-state index contributed by atoms with van der Waals surface area (Å²) in [5, 5.41) is 22.2. The third kappa shape index (κ3) is 4.94. The molecule has 0 aromatic heterocycles. The second-order valence-corrected chi connectivity index (χ2v) is 6.04.